The van der Waals surface area contributed by atoms with E-state index in [1.54, 1.807) is 6.33 Å². The minimum absolute atomic E-state index is 0.140. The van der Waals surface area contributed by atoms with Crippen molar-refractivity contribution in [3.8, 4) is 0 Å². The van der Waals surface area contributed by atoms with Crippen LogP contribution in [0, 0.1) is 12.8 Å². The van der Waals surface area contributed by atoms with Crippen molar-refractivity contribution >= 4 is 5.82 Å². The third kappa shape index (κ3) is 3.68. The summed E-state index contributed by atoms with van der Waals surface area (Å²) >= 11 is 0. The molecule has 6 nitrogen and oxygen atoms in total. The van der Waals surface area contributed by atoms with E-state index >= 15 is 0 Å². The number of nitrogens with zero attached hydrogens (tertiary/aromatic N) is 5. The van der Waals surface area contributed by atoms with Crippen LogP contribution in [0.2, 0.25) is 0 Å². The molecule has 0 unspecified atom stereocenters. The predicted molar refractivity (Wildman–Crippen MR) is 96.5 cm³/mol. The largest absolute Gasteiger partial charge is 0.393 e. The lowest BCUT2D eigenvalue weighted by Gasteiger charge is -2.34. The summed E-state index contributed by atoms with van der Waals surface area (Å²) in [5, 5.41) is 9.50. The number of piperidine rings is 1. The zero-order valence-electron chi connectivity index (χ0n) is 14.9. The molecule has 6 heteroatoms. The molecule has 134 valence electrons. The SMILES string of the molecule is Cc1nccn1CCC1CCN(c2cc(C3CC(O)C3)ncn2)CC1. The number of aliphatic hydroxyl groups excluding tert-OH is 1. The van der Waals surface area contributed by atoms with Crippen LogP contribution in [-0.2, 0) is 6.54 Å². The first-order valence-corrected chi connectivity index (χ1v) is 9.41. The monoisotopic (exact) mass is 341 g/mol. The molecule has 25 heavy (non-hydrogen) atoms. The molecule has 0 radical (unpaired) electrons. The summed E-state index contributed by atoms with van der Waals surface area (Å²) in [5.74, 6) is 3.34. The first kappa shape index (κ1) is 16.5. The molecule has 0 spiro atoms. The van der Waals surface area contributed by atoms with Gasteiger partial charge in [-0.1, -0.05) is 0 Å². The highest BCUT2D eigenvalue weighted by Crippen LogP contribution is 2.36. The van der Waals surface area contributed by atoms with E-state index in [1.807, 2.05) is 6.20 Å². The van der Waals surface area contributed by atoms with Crippen LogP contribution in [-0.4, -0.2) is 43.8 Å². The average Bonchev–Trinajstić information content (AvgIpc) is 3.03. The van der Waals surface area contributed by atoms with Gasteiger partial charge >= 0.3 is 0 Å². The van der Waals surface area contributed by atoms with E-state index in [2.05, 4.69) is 43.6 Å². The van der Waals surface area contributed by atoms with Crippen molar-refractivity contribution in [1.29, 1.82) is 0 Å². The second-order valence-electron chi connectivity index (χ2n) is 7.51. The standard InChI is InChI=1S/C19H27N5O/c1-14-20-5-9-23(14)6-2-15-3-7-24(8-4-15)19-12-18(21-13-22-19)16-10-17(25)11-16/h5,9,12-13,15-17,25H,2-4,6-8,10-11H2,1H3. The summed E-state index contributed by atoms with van der Waals surface area (Å²) < 4.78 is 2.25. The maximum Gasteiger partial charge on any atom is 0.132 e. The van der Waals surface area contributed by atoms with E-state index in [-0.39, 0.29) is 6.10 Å². The molecule has 0 bridgehead atoms. The van der Waals surface area contributed by atoms with Gasteiger partial charge in [-0.15, -0.1) is 0 Å². The molecular formula is C19H27N5O. The van der Waals surface area contributed by atoms with E-state index in [0.717, 1.165) is 55.7 Å². The van der Waals surface area contributed by atoms with Crippen LogP contribution in [0.25, 0.3) is 0 Å². The van der Waals surface area contributed by atoms with Crippen molar-refractivity contribution in [2.45, 2.75) is 57.6 Å². The predicted octanol–water partition coefficient (Wildman–Crippen LogP) is 2.53. The fourth-order valence-electron chi connectivity index (χ4n) is 4.00. The van der Waals surface area contributed by atoms with Crippen LogP contribution >= 0.6 is 0 Å². The molecule has 2 aromatic heterocycles. The van der Waals surface area contributed by atoms with Crippen molar-refractivity contribution in [3.05, 3.63) is 36.3 Å². The second-order valence-corrected chi connectivity index (χ2v) is 7.51. The van der Waals surface area contributed by atoms with Gasteiger partial charge in [0.1, 0.15) is 18.0 Å². The Morgan fingerprint density at radius 3 is 2.64 bits per heavy atom. The molecule has 4 rings (SSSR count). The molecule has 2 fully saturated rings. The highest BCUT2D eigenvalue weighted by atomic mass is 16.3. The Hall–Kier alpha value is -1.95. The van der Waals surface area contributed by atoms with Gasteiger partial charge in [-0.3, -0.25) is 0 Å². The van der Waals surface area contributed by atoms with Crippen molar-refractivity contribution in [2.24, 2.45) is 5.92 Å². The van der Waals surface area contributed by atoms with Crippen molar-refractivity contribution < 1.29 is 5.11 Å². The zero-order valence-corrected chi connectivity index (χ0v) is 14.9. The van der Waals surface area contributed by atoms with Crippen LogP contribution in [0.4, 0.5) is 5.82 Å². The minimum Gasteiger partial charge on any atom is -0.393 e. The average molecular weight is 341 g/mol. The van der Waals surface area contributed by atoms with Crippen LogP contribution in [0.3, 0.4) is 0 Å². The lowest BCUT2D eigenvalue weighted by Crippen LogP contribution is -2.35. The Labute approximate surface area is 148 Å². The molecule has 1 aliphatic carbocycles. The maximum absolute atomic E-state index is 9.50. The van der Waals surface area contributed by atoms with Crippen LogP contribution in [0.5, 0.6) is 0 Å². The molecule has 2 aliphatic rings. The van der Waals surface area contributed by atoms with Gasteiger partial charge in [0.05, 0.1) is 6.10 Å². The number of rotatable bonds is 5. The fourth-order valence-corrected chi connectivity index (χ4v) is 4.00. The molecule has 1 aliphatic heterocycles. The molecule has 0 atom stereocenters. The van der Waals surface area contributed by atoms with Crippen LogP contribution in [0.15, 0.2) is 24.8 Å². The van der Waals surface area contributed by atoms with E-state index < -0.39 is 0 Å². The smallest absolute Gasteiger partial charge is 0.132 e. The van der Waals surface area contributed by atoms with Gasteiger partial charge in [-0.05, 0) is 44.9 Å². The second kappa shape index (κ2) is 7.12. The van der Waals surface area contributed by atoms with E-state index in [9.17, 15) is 5.11 Å². The van der Waals surface area contributed by atoms with Crippen LogP contribution in [0.1, 0.15) is 49.5 Å². The zero-order chi connectivity index (χ0) is 17.2. The molecule has 0 aromatic carbocycles. The summed E-state index contributed by atoms with van der Waals surface area (Å²) in [6, 6.07) is 2.13. The van der Waals surface area contributed by atoms with Crippen molar-refractivity contribution in [3.63, 3.8) is 0 Å². The Kier molecular flexibility index (Phi) is 4.70. The normalized spacial score (nSPS) is 24.3. The number of aromatic nitrogens is 4. The topological polar surface area (TPSA) is 67.1 Å². The quantitative estimate of drug-likeness (QED) is 0.905. The van der Waals surface area contributed by atoms with Gasteiger partial charge in [0.25, 0.3) is 0 Å². The molecule has 3 heterocycles. The summed E-state index contributed by atoms with van der Waals surface area (Å²) in [7, 11) is 0. The number of hydrogen-bond donors (Lipinski definition) is 1. The van der Waals surface area contributed by atoms with Crippen molar-refractivity contribution in [2.75, 3.05) is 18.0 Å². The highest BCUT2D eigenvalue weighted by Gasteiger charge is 2.30. The Morgan fingerprint density at radius 1 is 1.16 bits per heavy atom. The summed E-state index contributed by atoms with van der Waals surface area (Å²) in [5.41, 5.74) is 1.09. The van der Waals surface area contributed by atoms with Gasteiger partial charge in [0.15, 0.2) is 0 Å². The summed E-state index contributed by atoms with van der Waals surface area (Å²) in [6.45, 7) is 5.27. The molecule has 1 saturated carbocycles. The molecule has 1 N–H and O–H groups in total. The number of aryl methyl sites for hydroxylation is 2. The maximum atomic E-state index is 9.50. The molecule has 2 aromatic rings. The van der Waals surface area contributed by atoms with E-state index in [1.165, 1.54) is 19.3 Å². The molecule has 0 amide bonds. The fraction of sp³-hybridized carbons (Fsp3) is 0.632. The highest BCUT2D eigenvalue weighted by molar-refractivity contribution is 5.40. The minimum atomic E-state index is -0.140. The van der Waals surface area contributed by atoms with Gasteiger partial charge in [-0.25, -0.2) is 15.0 Å². The first-order chi connectivity index (χ1) is 12.2. The number of anilines is 1. The Balaban J connectivity index is 1.30. The Morgan fingerprint density at radius 2 is 1.96 bits per heavy atom. The number of aliphatic hydroxyl groups is 1. The lowest BCUT2D eigenvalue weighted by atomic mass is 9.80. The third-order valence-corrected chi connectivity index (χ3v) is 5.85. The van der Waals surface area contributed by atoms with E-state index in [0.29, 0.717) is 5.92 Å². The van der Waals surface area contributed by atoms with Crippen LogP contribution < -0.4 is 4.90 Å². The summed E-state index contributed by atoms with van der Waals surface area (Å²) in [6.07, 6.45) is 10.8. The first-order valence-electron chi connectivity index (χ1n) is 9.41. The Bertz CT molecular complexity index is 701. The third-order valence-electron chi connectivity index (χ3n) is 5.85. The van der Waals surface area contributed by atoms with Crippen molar-refractivity contribution in [1.82, 2.24) is 19.5 Å². The van der Waals surface area contributed by atoms with Gasteiger partial charge in [0.2, 0.25) is 0 Å². The molecule has 1 saturated heterocycles. The number of imidazole rings is 1. The van der Waals surface area contributed by atoms with Gasteiger partial charge < -0.3 is 14.6 Å². The summed E-state index contributed by atoms with van der Waals surface area (Å²) in [4.78, 5) is 15.6. The molecular weight excluding hydrogens is 314 g/mol. The van der Waals surface area contributed by atoms with Gasteiger partial charge in [0, 0.05) is 49.7 Å². The number of hydrogen-bond acceptors (Lipinski definition) is 5. The van der Waals surface area contributed by atoms with Gasteiger partial charge in [-0.2, -0.15) is 0 Å². The lowest BCUT2D eigenvalue weighted by molar-refractivity contribution is 0.0732. The van der Waals surface area contributed by atoms with E-state index in [4.69, 9.17) is 0 Å².